The van der Waals surface area contributed by atoms with Crippen molar-refractivity contribution in [3.05, 3.63) is 59.7 Å². The topological polar surface area (TPSA) is 81.8 Å². The lowest BCUT2D eigenvalue weighted by atomic mass is 10.1. The minimum atomic E-state index is -0.156. The van der Waals surface area contributed by atoms with Crippen LogP contribution in [0.2, 0.25) is 0 Å². The summed E-state index contributed by atoms with van der Waals surface area (Å²) < 4.78 is 0. The summed E-state index contributed by atoms with van der Waals surface area (Å²) >= 11 is 0. The van der Waals surface area contributed by atoms with Crippen molar-refractivity contribution in [3.8, 4) is 0 Å². The number of ketones is 1. The molecule has 1 fully saturated rings. The molecule has 2 aromatic rings. The Morgan fingerprint density at radius 3 is 2.00 bits per heavy atom. The van der Waals surface area contributed by atoms with Gasteiger partial charge in [-0.1, -0.05) is 0 Å². The SMILES string of the molecule is CNC(=O)c1ccc(NC(=O)CN2CCN(c3ccc(C(C)=O)cc3)CC2)cc1. The van der Waals surface area contributed by atoms with Crippen LogP contribution in [0.3, 0.4) is 0 Å². The minimum Gasteiger partial charge on any atom is -0.369 e. The van der Waals surface area contributed by atoms with Crippen LogP contribution in [0.25, 0.3) is 0 Å². The molecule has 0 bridgehead atoms. The van der Waals surface area contributed by atoms with Crippen molar-refractivity contribution in [1.29, 1.82) is 0 Å². The van der Waals surface area contributed by atoms with Gasteiger partial charge in [0.05, 0.1) is 6.54 Å². The van der Waals surface area contributed by atoms with Gasteiger partial charge in [0.2, 0.25) is 5.91 Å². The van der Waals surface area contributed by atoms with Crippen LogP contribution in [-0.2, 0) is 4.79 Å². The van der Waals surface area contributed by atoms with Gasteiger partial charge in [-0.3, -0.25) is 19.3 Å². The fraction of sp³-hybridized carbons (Fsp3) is 0.318. The monoisotopic (exact) mass is 394 g/mol. The second-order valence-corrected chi connectivity index (χ2v) is 7.07. The number of carbonyl (C=O) groups is 3. The maximum Gasteiger partial charge on any atom is 0.251 e. The summed E-state index contributed by atoms with van der Waals surface area (Å²) in [7, 11) is 1.58. The molecule has 7 heteroatoms. The third-order valence-electron chi connectivity index (χ3n) is 5.04. The van der Waals surface area contributed by atoms with Gasteiger partial charge in [-0.15, -0.1) is 0 Å². The van der Waals surface area contributed by atoms with E-state index in [4.69, 9.17) is 0 Å². The second kappa shape index (κ2) is 9.34. The molecule has 0 aliphatic carbocycles. The number of anilines is 2. The van der Waals surface area contributed by atoms with E-state index in [1.54, 1.807) is 38.2 Å². The van der Waals surface area contributed by atoms with Gasteiger partial charge < -0.3 is 15.5 Å². The highest BCUT2D eigenvalue weighted by Gasteiger charge is 2.19. The summed E-state index contributed by atoms with van der Waals surface area (Å²) in [4.78, 5) is 39.7. The largest absolute Gasteiger partial charge is 0.369 e. The Morgan fingerprint density at radius 1 is 0.862 bits per heavy atom. The minimum absolute atomic E-state index is 0.0654. The van der Waals surface area contributed by atoms with Crippen LogP contribution in [0.4, 0.5) is 11.4 Å². The first-order valence-corrected chi connectivity index (χ1v) is 9.66. The molecular formula is C22H26N4O3. The molecule has 152 valence electrons. The molecule has 0 unspecified atom stereocenters. The second-order valence-electron chi connectivity index (χ2n) is 7.07. The van der Waals surface area contributed by atoms with E-state index in [1.165, 1.54) is 0 Å². The first kappa shape index (κ1) is 20.5. The van der Waals surface area contributed by atoms with Gasteiger partial charge in [0.1, 0.15) is 0 Å². The molecule has 3 rings (SSSR count). The molecule has 1 aliphatic rings. The number of nitrogens with zero attached hydrogens (tertiary/aromatic N) is 2. The summed E-state index contributed by atoms with van der Waals surface area (Å²) in [5.74, 6) is -0.163. The number of benzene rings is 2. The maximum atomic E-state index is 12.3. The number of amides is 2. The summed E-state index contributed by atoms with van der Waals surface area (Å²) in [5, 5.41) is 5.44. The Labute approximate surface area is 170 Å². The Kier molecular flexibility index (Phi) is 6.61. The van der Waals surface area contributed by atoms with Gasteiger partial charge >= 0.3 is 0 Å². The van der Waals surface area contributed by atoms with Gasteiger partial charge in [-0.2, -0.15) is 0 Å². The lowest BCUT2D eigenvalue weighted by molar-refractivity contribution is -0.117. The Morgan fingerprint density at radius 2 is 1.45 bits per heavy atom. The number of piperazine rings is 1. The molecule has 0 aromatic heterocycles. The molecule has 29 heavy (non-hydrogen) atoms. The molecule has 0 radical (unpaired) electrons. The summed E-state index contributed by atoms with van der Waals surface area (Å²) in [5.41, 5.74) is 3.03. The zero-order valence-corrected chi connectivity index (χ0v) is 16.8. The third-order valence-corrected chi connectivity index (χ3v) is 5.04. The fourth-order valence-electron chi connectivity index (χ4n) is 3.32. The first-order valence-electron chi connectivity index (χ1n) is 9.66. The van der Waals surface area contributed by atoms with E-state index in [0.717, 1.165) is 31.9 Å². The molecule has 1 aliphatic heterocycles. The van der Waals surface area contributed by atoms with Crippen LogP contribution < -0.4 is 15.5 Å². The molecule has 0 saturated carbocycles. The Hall–Kier alpha value is -3.19. The molecule has 1 heterocycles. The molecule has 2 amide bonds. The van der Waals surface area contributed by atoms with Crippen molar-refractivity contribution in [2.24, 2.45) is 0 Å². The average Bonchev–Trinajstić information content (AvgIpc) is 2.74. The summed E-state index contributed by atoms with van der Waals surface area (Å²) in [6, 6.07) is 14.5. The van der Waals surface area contributed by atoms with Crippen molar-refractivity contribution >= 4 is 29.0 Å². The van der Waals surface area contributed by atoms with E-state index in [-0.39, 0.29) is 17.6 Å². The summed E-state index contributed by atoms with van der Waals surface area (Å²) in [6.07, 6.45) is 0. The van der Waals surface area contributed by atoms with E-state index in [2.05, 4.69) is 20.4 Å². The highest BCUT2D eigenvalue weighted by atomic mass is 16.2. The zero-order chi connectivity index (χ0) is 20.8. The van der Waals surface area contributed by atoms with Crippen LogP contribution in [0, 0.1) is 0 Å². The van der Waals surface area contributed by atoms with Crippen LogP contribution in [0.5, 0.6) is 0 Å². The predicted octanol–water partition coefficient (Wildman–Crippen LogP) is 2.01. The van der Waals surface area contributed by atoms with E-state index < -0.39 is 0 Å². The lowest BCUT2D eigenvalue weighted by Gasteiger charge is -2.35. The number of nitrogens with one attached hydrogen (secondary N) is 2. The van der Waals surface area contributed by atoms with Crippen molar-refractivity contribution in [2.75, 3.05) is 50.0 Å². The standard InChI is InChI=1S/C22H26N4O3/c1-16(27)17-5-9-20(10-6-17)26-13-11-25(12-14-26)15-21(28)24-19-7-3-18(4-8-19)22(29)23-2/h3-10H,11-15H2,1-2H3,(H,23,29)(H,24,28). The smallest absolute Gasteiger partial charge is 0.251 e. The van der Waals surface area contributed by atoms with Crippen LogP contribution in [-0.4, -0.2) is 62.3 Å². The quantitative estimate of drug-likeness (QED) is 0.733. The number of hydrogen-bond acceptors (Lipinski definition) is 5. The highest BCUT2D eigenvalue weighted by molar-refractivity contribution is 5.96. The van der Waals surface area contributed by atoms with E-state index in [9.17, 15) is 14.4 Å². The van der Waals surface area contributed by atoms with Crippen LogP contribution >= 0.6 is 0 Å². The molecule has 2 aromatic carbocycles. The van der Waals surface area contributed by atoms with Crippen LogP contribution in [0.1, 0.15) is 27.6 Å². The average molecular weight is 394 g/mol. The van der Waals surface area contributed by atoms with Gasteiger partial charge in [-0.25, -0.2) is 0 Å². The normalized spacial score (nSPS) is 14.3. The van der Waals surface area contributed by atoms with Crippen molar-refractivity contribution in [2.45, 2.75) is 6.92 Å². The maximum absolute atomic E-state index is 12.3. The Balaban J connectivity index is 1.47. The Bertz CT molecular complexity index is 870. The van der Waals surface area contributed by atoms with E-state index in [1.807, 2.05) is 24.3 Å². The zero-order valence-electron chi connectivity index (χ0n) is 16.8. The van der Waals surface area contributed by atoms with Crippen molar-refractivity contribution in [3.63, 3.8) is 0 Å². The summed E-state index contributed by atoms with van der Waals surface area (Å²) in [6.45, 7) is 5.12. The first-order chi connectivity index (χ1) is 14.0. The van der Waals surface area contributed by atoms with Gasteiger partial charge in [0, 0.05) is 55.7 Å². The molecule has 0 atom stereocenters. The van der Waals surface area contributed by atoms with Crippen LogP contribution in [0.15, 0.2) is 48.5 Å². The molecular weight excluding hydrogens is 368 g/mol. The van der Waals surface area contributed by atoms with Gasteiger partial charge in [-0.05, 0) is 55.5 Å². The highest BCUT2D eigenvalue weighted by Crippen LogP contribution is 2.18. The number of rotatable bonds is 6. The third kappa shape index (κ3) is 5.42. The number of hydrogen-bond donors (Lipinski definition) is 2. The number of carbonyl (C=O) groups excluding carboxylic acids is 3. The lowest BCUT2D eigenvalue weighted by Crippen LogP contribution is -2.48. The molecule has 1 saturated heterocycles. The molecule has 0 spiro atoms. The van der Waals surface area contributed by atoms with Gasteiger partial charge in [0.25, 0.3) is 5.91 Å². The van der Waals surface area contributed by atoms with E-state index in [0.29, 0.717) is 23.4 Å². The fourth-order valence-corrected chi connectivity index (χ4v) is 3.32. The van der Waals surface area contributed by atoms with Crippen molar-refractivity contribution in [1.82, 2.24) is 10.2 Å². The van der Waals surface area contributed by atoms with Crippen molar-refractivity contribution < 1.29 is 14.4 Å². The van der Waals surface area contributed by atoms with E-state index >= 15 is 0 Å². The predicted molar refractivity (Wildman–Crippen MR) is 114 cm³/mol. The molecule has 2 N–H and O–H groups in total. The molecule has 7 nitrogen and oxygen atoms in total. The van der Waals surface area contributed by atoms with Gasteiger partial charge in [0.15, 0.2) is 5.78 Å². The number of Topliss-reactive ketones (excluding diaryl/α,β-unsaturated/α-hetero) is 1.